The van der Waals surface area contributed by atoms with Crippen LogP contribution in [0.1, 0.15) is 17.3 Å². The molecule has 1 rings (SSSR count). The van der Waals surface area contributed by atoms with Gasteiger partial charge in [-0.2, -0.15) is 0 Å². The van der Waals surface area contributed by atoms with Gasteiger partial charge in [0.2, 0.25) is 5.78 Å². The van der Waals surface area contributed by atoms with Gasteiger partial charge in [0.25, 0.3) is 0 Å². The summed E-state index contributed by atoms with van der Waals surface area (Å²) in [6.07, 6.45) is 0.754. The maximum atomic E-state index is 11.9. The third-order valence-electron chi connectivity index (χ3n) is 2.37. The molecule has 0 bridgehead atoms. The van der Waals surface area contributed by atoms with E-state index in [1.165, 1.54) is 31.2 Å². The fourth-order valence-corrected chi connectivity index (χ4v) is 1.84. The Bertz CT molecular complexity index is 514. The molecule has 1 aromatic carbocycles. The highest BCUT2D eigenvalue weighted by Crippen LogP contribution is 2.21. The van der Waals surface area contributed by atoms with Crippen molar-refractivity contribution in [2.75, 3.05) is 13.2 Å². The van der Waals surface area contributed by atoms with Gasteiger partial charge < -0.3 is 9.47 Å². The molecule has 0 spiro atoms. The second kappa shape index (κ2) is 8.04. The number of rotatable bonds is 7. The number of ketones is 1. The largest absolute Gasteiger partial charge is 0.455 e. The molecule has 0 aliphatic carbocycles. The van der Waals surface area contributed by atoms with Crippen molar-refractivity contribution >= 4 is 35.0 Å². The topological polar surface area (TPSA) is 52.6 Å². The molecule has 1 unspecified atom stereocenters. The number of esters is 1. The van der Waals surface area contributed by atoms with Gasteiger partial charge in [0.15, 0.2) is 12.7 Å². The van der Waals surface area contributed by atoms with Gasteiger partial charge in [-0.05, 0) is 25.1 Å². The van der Waals surface area contributed by atoms with Crippen LogP contribution in [0.5, 0.6) is 0 Å². The molecular formula is C14H14Cl2O4. The first-order valence-electron chi connectivity index (χ1n) is 5.83. The molecule has 1 aromatic rings. The van der Waals surface area contributed by atoms with E-state index in [2.05, 4.69) is 6.58 Å². The molecule has 0 radical (unpaired) electrons. The summed E-state index contributed by atoms with van der Waals surface area (Å²) in [5, 5.41) is 0.643. The van der Waals surface area contributed by atoms with Crippen molar-refractivity contribution in [2.24, 2.45) is 0 Å². The van der Waals surface area contributed by atoms with Crippen LogP contribution in [0.15, 0.2) is 30.9 Å². The Labute approximate surface area is 127 Å². The second-order valence-corrected chi connectivity index (χ2v) is 4.76. The number of hydrogen-bond donors (Lipinski definition) is 0. The van der Waals surface area contributed by atoms with Crippen molar-refractivity contribution in [3.8, 4) is 0 Å². The lowest BCUT2D eigenvalue weighted by Gasteiger charge is -2.11. The average Bonchev–Trinajstić information content (AvgIpc) is 2.41. The Morgan fingerprint density at radius 3 is 2.70 bits per heavy atom. The molecule has 0 heterocycles. The second-order valence-electron chi connectivity index (χ2n) is 3.92. The lowest BCUT2D eigenvalue weighted by molar-refractivity contribution is -0.154. The molecule has 4 nitrogen and oxygen atoms in total. The fourth-order valence-electron chi connectivity index (χ4n) is 1.33. The van der Waals surface area contributed by atoms with Gasteiger partial charge in [0, 0.05) is 10.6 Å². The minimum atomic E-state index is -0.763. The Hall–Kier alpha value is -1.36. The van der Waals surface area contributed by atoms with Crippen LogP contribution >= 0.6 is 23.2 Å². The van der Waals surface area contributed by atoms with Gasteiger partial charge in [0.1, 0.15) is 0 Å². The van der Waals surface area contributed by atoms with E-state index in [1.54, 1.807) is 0 Å². The smallest absolute Gasteiger partial charge is 0.335 e. The molecule has 0 aromatic heterocycles. The summed E-state index contributed by atoms with van der Waals surface area (Å²) in [6.45, 7) is 4.83. The molecule has 0 aliphatic rings. The lowest BCUT2D eigenvalue weighted by Crippen LogP contribution is -2.26. The van der Waals surface area contributed by atoms with Gasteiger partial charge >= 0.3 is 5.97 Å². The van der Waals surface area contributed by atoms with E-state index in [0.29, 0.717) is 5.02 Å². The van der Waals surface area contributed by atoms with Crippen LogP contribution in [0.3, 0.4) is 0 Å². The molecular weight excluding hydrogens is 303 g/mol. The Balaban J connectivity index is 2.54. The van der Waals surface area contributed by atoms with Crippen LogP contribution in [-0.4, -0.2) is 31.1 Å². The van der Waals surface area contributed by atoms with Crippen molar-refractivity contribution in [2.45, 2.75) is 13.0 Å². The highest BCUT2D eigenvalue weighted by atomic mass is 35.5. The summed E-state index contributed by atoms with van der Waals surface area (Å²) in [4.78, 5) is 23.4. The van der Waals surface area contributed by atoms with Crippen molar-refractivity contribution in [1.82, 2.24) is 0 Å². The van der Waals surface area contributed by atoms with Gasteiger partial charge in [-0.3, -0.25) is 4.79 Å². The lowest BCUT2D eigenvalue weighted by atomic mass is 10.1. The van der Waals surface area contributed by atoms with Gasteiger partial charge in [-0.15, -0.1) is 6.58 Å². The molecule has 0 saturated heterocycles. The van der Waals surface area contributed by atoms with Crippen molar-refractivity contribution in [3.05, 3.63) is 46.5 Å². The number of halogens is 2. The Morgan fingerprint density at radius 2 is 2.10 bits per heavy atom. The van der Waals surface area contributed by atoms with Crippen LogP contribution in [-0.2, 0) is 14.3 Å². The SMILES string of the molecule is C=CCOC(C)C(=O)OCC(=O)c1ccc(Cl)cc1Cl. The molecule has 0 amide bonds. The minimum Gasteiger partial charge on any atom is -0.455 e. The third kappa shape index (κ3) is 4.96. The zero-order valence-corrected chi connectivity index (χ0v) is 12.4. The summed E-state index contributed by atoms with van der Waals surface area (Å²) >= 11 is 11.6. The van der Waals surface area contributed by atoms with E-state index >= 15 is 0 Å². The molecule has 0 N–H and O–H groups in total. The Kier molecular flexibility index (Phi) is 6.71. The number of carbonyl (C=O) groups is 2. The van der Waals surface area contributed by atoms with Gasteiger partial charge in [-0.25, -0.2) is 4.79 Å². The van der Waals surface area contributed by atoms with Crippen LogP contribution in [0.2, 0.25) is 10.0 Å². The highest BCUT2D eigenvalue weighted by Gasteiger charge is 2.18. The average molecular weight is 317 g/mol. The zero-order chi connectivity index (χ0) is 15.1. The molecule has 108 valence electrons. The van der Waals surface area contributed by atoms with Crippen molar-refractivity contribution in [3.63, 3.8) is 0 Å². The number of Topliss-reactive ketones (excluding diaryl/α,β-unsaturated/α-hetero) is 1. The first kappa shape index (κ1) is 16.7. The maximum absolute atomic E-state index is 11.9. The van der Waals surface area contributed by atoms with Crippen LogP contribution < -0.4 is 0 Å². The third-order valence-corrected chi connectivity index (χ3v) is 2.92. The van der Waals surface area contributed by atoms with Crippen molar-refractivity contribution in [1.29, 1.82) is 0 Å². The van der Waals surface area contributed by atoms with Crippen LogP contribution in [0, 0.1) is 0 Å². The van der Waals surface area contributed by atoms with E-state index in [0.717, 1.165) is 0 Å². The normalized spacial score (nSPS) is 11.8. The van der Waals surface area contributed by atoms with Crippen molar-refractivity contribution < 1.29 is 19.1 Å². The van der Waals surface area contributed by atoms with E-state index in [1.807, 2.05) is 0 Å². The number of hydrogen-bond acceptors (Lipinski definition) is 4. The Morgan fingerprint density at radius 1 is 1.40 bits per heavy atom. The number of ether oxygens (including phenoxy) is 2. The monoisotopic (exact) mass is 316 g/mol. The first-order chi connectivity index (χ1) is 9.45. The van der Waals surface area contributed by atoms with E-state index in [9.17, 15) is 9.59 Å². The number of carbonyl (C=O) groups excluding carboxylic acids is 2. The summed E-state index contributed by atoms with van der Waals surface area (Å²) in [5.41, 5.74) is 0.253. The van der Waals surface area contributed by atoms with Crippen LogP contribution in [0.25, 0.3) is 0 Å². The van der Waals surface area contributed by atoms with Gasteiger partial charge in [0.05, 0.1) is 11.6 Å². The summed E-state index contributed by atoms with van der Waals surface area (Å²) in [5.74, 6) is -1.03. The molecule has 0 fully saturated rings. The minimum absolute atomic E-state index is 0.217. The highest BCUT2D eigenvalue weighted by molar-refractivity contribution is 6.36. The molecule has 6 heteroatoms. The quantitative estimate of drug-likeness (QED) is 0.440. The summed E-state index contributed by atoms with van der Waals surface area (Å²) < 4.78 is 9.95. The zero-order valence-electron chi connectivity index (χ0n) is 10.9. The molecule has 0 saturated carbocycles. The van der Waals surface area contributed by atoms with Crippen LogP contribution in [0.4, 0.5) is 0 Å². The summed E-state index contributed by atoms with van der Waals surface area (Å²) in [6, 6.07) is 4.48. The standard InChI is InChI=1S/C14H14Cl2O4/c1-3-6-19-9(2)14(18)20-8-13(17)11-5-4-10(15)7-12(11)16/h3-5,7,9H,1,6,8H2,2H3. The molecule has 1 atom stereocenters. The summed E-state index contributed by atoms with van der Waals surface area (Å²) in [7, 11) is 0. The van der Waals surface area contributed by atoms with Gasteiger partial charge in [-0.1, -0.05) is 29.3 Å². The maximum Gasteiger partial charge on any atom is 0.335 e. The number of benzene rings is 1. The first-order valence-corrected chi connectivity index (χ1v) is 6.58. The predicted octanol–water partition coefficient (Wildman–Crippen LogP) is 3.31. The molecule has 0 aliphatic heterocycles. The van der Waals surface area contributed by atoms with E-state index in [4.69, 9.17) is 32.7 Å². The van der Waals surface area contributed by atoms with E-state index < -0.39 is 24.5 Å². The molecule has 20 heavy (non-hydrogen) atoms. The predicted molar refractivity (Wildman–Crippen MR) is 77.4 cm³/mol. The fraction of sp³-hybridized carbons (Fsp3) is 0.286. The van der Waals surface area contributed by atoms with E-state index in [-0.39, 0.29) is 17.2 Å².